The van der Waals surface area contributed by atoms with Gasteiger partial charge in [0.15, 0.2) is 0 Å². The van der Waals surface area contributed by atoms with Gasteiger partial charge in [-0.15, -0.1) is 0 Å². The van der Waals surface area contributed by atoms with Crippen LogP contribution in [0.5, 0.6) is 0 Å². The Kier molecular flexibility index (Phi) is 4.53. The molecule has 0 radical (unpaired) electrons. The van der Waals surface area contributed by atoms with Crippen molar-refractivity contribution in [2.24, 2.45) is 11.7 Å². The molecule has 0 aromatic heterocycles. The Morgan fingerprint density at radius 1 is 1.42 bits per heavy atom. The number of rotatable bonds is 6. The van der Waals surface area contributed by atoms with Gasteiger partial charge in [0.1, 0.15) is 0 Å². The van der Waals surface area contributed by atoms with E-state index in [1.54, 1.807) is 4.90 Å². The molecule has 1 aromatic rings. The second-order valence-corrected chi connectivity index (χ2v) is 5.61. The lowest BCUT2D eigenvalue weighted by atomic mass is 10.1. The number of carbonyl (C=O) groups is 1. The van der Waals surface area contributed by atoms with Crippen LogP contribution in [-0.4, -0.2) is 28.9 Å². The van der Waals surface area contributed by atoms with Crippen molar-refractivity contribution in [1.29, 1.82) is 0 Å². The Hall–Kier alpha value is -1.42. The molecule has 1 aliphatic rings. The molecule has 0 bridgehead atoms. The number of hydrogen-bond donors (Lipinski definition) is 1. The van der Waals surface area contributed by atoms with E-state index in [0.717, 1.165) is 19.4 Å². The van der Waals surface area contributed by atoms with Crippen LogP contribution in [0, 0.1) is 5.92 Å². The summed E-state index contributed by atoms with van der Waals surface area (Å²) in [5.74, 6) is 0.686. The molecule has 1 aromatic carbocycles. The van der Waals surface area contributed by atoms with Crippen LogP contribution in [0.15, 0.2) is 30.3 Å². The molecular formula is C15H20N2OS. The van der Waals surface area contributed by atoms with E-state index in [1.165, 1.54) is 5.56 Å². The van der Waals surface area contributed by atoms with Crippen LogP contribution in [0.4, 0.5) is 0 Å². The SMILES string of the molecule is CCCN(CC(N)=S)C(=O)C1CC1c1ccccc1. The number of amides is 1. The van der Waals surface area contributed by atoms with Crippen LogP contribution >= 0.6 is 12.2 Å². The van der Waals surface area contributed by atoms with E-state index in [-0.39, 0.29) is 11.8 Å². The first-order chi connectivity index (χ1) is 9.13. The maximum absolute atomic E-state index is 12.4. The molecule has 1 amide bonds. The zero-order chi connectivity index (χ0) is 13.8. The average molecular weight is 276 g/mol. The number of nitrogens with zero attached hydrogens (tertiary/aromatic N) is 1. The molecule has 0 saturated heterocycles. The lowest BCUT2D eigenvalue weighted by Gasteiger charge is -2.21. The molecule has 2 unspecified atom stereocenters. The van der Waals surface area contributed by atoms with Crippen molar-refractivity contribution in [3.05, 3.63) is 35.9 Å². The van der Waals surface area contributed by atoms with Crippen LogP contribution in [-0.2, 0) is 4.79 Å². The molecule has 2 atom stereocenters. The third kappa shape index (κ3) is 3.53. The largest absolute Gasteiger partial charge is 0.392 e. The van der Waals surface area contributed by atoms with Gasteiger partial charge in [-0.2, -0.15) is 0 Å². The highest BCUT2D eigenvalue weighted by Gasteiger charge is 2.45. The molecular weight excluding hydrogens is 256 g/mol. The number of benzene rings is 1. The molecule has 1 fully saturated rings. The third-order valence-corrected chi connectivity index (χ3v) is 3.62. The van der Waals surface area contributed by atoms with Crippen LogP contribution < -0.4 is 5.73 Å². The fourth-order valence-corrected chi connectivity index (χ4v) is 2.65. The van der Waals surface area contributed by atoms with Crippen LogP contribution in [0.1, 0.15) is 31.2 Å². The van der Waals surface area contributed by atoms with Gasteiger partial charge < -0.3 is 10.6 Å². The minimum atomic E-state index is 0.114. The van der Waals surface area contributed by atoms with Crippen molar-refractivity contribution < 1.29 is 4.79 Å². The fourth-order valence-electron chi connectivity index (χ4n) is 2.50. The molecule has 0 aliphatic heterocycles. The summed E-state index contributed by atoms with van der Waals surface area (Å²) in [4.78, 5) is 14.6. The zero-order valence-electron chi connectivity index (χ0n) is 11.2. The number of hydrogen-bond acceptors (Lipinski definition) is 2. The van der Waals surface area contributed by atoms with E-state index in [2.05, 4.69) is 19.1 Å². The molecule has 102 valence electrons. The summed E-state index contributed by atoms with van der Waals surface area (Å²) in [7, 11) is 0. The topological polar surface area (TPSA) is 46.3 Å². The highest BCUT2D eigenvalue weighted by Crippen LogP contribution is 2.48. The molecule has 1 aliphatic carbocycles. The highest BCUT2D eigenvalue weighted by molar-refractivity contribution is 7.80. The van der Waals surface area contributed by atoms with E-state index in [9.17, 15) is 4.79 Å². The summed E-state index contributed by atoms with van der Waals surface area (Å²) < 4.78 is 0. The number of carbonyl (C=O) groups excluding carboxylic acids is 1. The first-order valence-electron chi connectivity index (χ1n) is 6.75. The average Bonchev–Trinajstić information content (AvgIpc) is 3.18. The molecule has 4 heteroatoms. The van der Waals surface area contributed by atoms with E-state index in [0.29, 0.717) is 17.5 Å². The summed E-state index contributed by atoms with van der Waals surface area (Å²) in [6, 6.07) is 10.2. The normalized spacial score (nSPS) is 20.9. The summed E-state index contributed by atoms with van der Waals surface area (Å²) in [6.45, 7) is 3.19. The maximum Gasteiger partial charge on any atom is 0.226 e. The maximum atomic E-state index is 12.4. The quantitative estimate of drug-likeness (QED) is 0.811. The standard InChI is InChI=1S/C15H20N2OS/c1-2-8-17(10-14(16)19)15(18)13-9-12(13)11-6-4-3-5-7-11/h3-7,12-13H,2,8-10H2,1H3,(H2,16,19). The molecule has 2 rings (SSSR count). The van der Waals surface area contributed by atoms with Crippen LogP contribution in [0.2, 0.25) is 0 Å². The molecule has 3 nitrogen and oxygen atoms in total. The first kappa shape index (κ1) is 14.0. The lowest BCUT2D eigenvalue weighted by Crippen LogP contribution is -2.39. The lowest BCUT2D eigenvalue weighted by molar-refractivity contribution is -0.132. The van der Waals surface area contributed by atoms with Gasteiger partial charge in [-0.05, 0) is 24.3 Å². The van der Waals surface area contributed by atoms with Crippen LogP contribution in [0.25, 0.3) is 0 Å². The molecule has 2 N–H and O–H groups in total. The second-order valence-electron chi connectivity index (χ2n) is 5.09. The molecule has 0 spiro atoms. The second kappa shape index (κ2) is 6.15. The van der Waals surface area contributed by atoms with Crippen molar-refractivity contribution in [3.8, 4) is 0 Å². The zero-order valence-corrected chi connectivity index (χ0v) is 12.0. The monoisotopic (exact) mass is 276 g/mol. The Bertz CT molecular complexity index is 460. The summed E-state index contributed by atoms with van der Waals surface area (Å²) in [5, 5.41) is 0. The summed E-state index contributed by atoms with van der Waals surface area (Å²) in [5.41, 5.74) is 6.82. The van der Waals surface area contributed by atoms with Gasteiger partial charge in [0.05, 0.1) is 11.5 Å². The predicted molar refractivity (Wildman–Crippen MR) is 80.9 cm³/mol. The van der Waals surface area contributed by atoms with E-state index >= 15 is 0 Å². The van der Waals surface area contributed by atoms with E-state index < -0.39 is 0 Å². The van der Waals surface area contributed by atoms with Crippen molar-refractivity contribution in [2.75, 3.05) is 13.1 Å². The molecule has 1 saturated carbocycles. The highest BCUT2D eigenvalue weighted by atomic mass is 32.1. The van der Waals surface area contributed by atoms with Gasteiger partial charge in [0.2, 0.25) is 5.91 Å². The van der Waals surface area contributed by atoms with Gasteiger partial charge in [0, 0.05) is 12.5 Å². The minimum absolute atomic E-state index is 0.114. The number of nitrogens with two attached hydrogens (primary N) is 1. The smallest absolute Gasteiger partial charge is 0.226 e. The Morgan fingerprint density at radius 3 is 2.68 bits per heavy atom. The van der Waals surface area contributed by atoms with Gasteiger partial charge >= 0.3 is 0 Å². The van der Waals surface area contributed by atoms with Gasteiger partial charge in [-0.25, -0.2) is 0 Å². The van der Waals surface area contributed by atoms with Crippen molar-refractivity contribution in [2.45, 2.75) is 25.7 Å². The van der Waals surface area contributed by atoms with Crippen LogP contribution in [0.3, 0.4) is 0 Å². The van der Waals surface area contributed by atoms with Gasteiger partial charge in [-0.3, -0.25) is 4.79 Å². The first-order valence-corrected chi connectivity index (χ1v) is 7.16. The molecule has 19 heavy (non-hydrogen) atoms. The van der Waals surface area contributed by atoms with Gasteiger partial charge in [0.25, 0.3) is 0 Å². The van der Waals surface area contributed by atoms with Crippen molar-refractivity contribution in [3.63, 3.8) is 0 Å². The fraction of sp³-hybridized carbons (Fsp3) is 0.467. The number of thiocarbonyl (C=S) groups is 1. The van der Waals surface area contributed by atoms with Crippen molar-refractivity contribution in [1.82, 2.24) is 4.90 Å². The Morgan fingerprint density at radius 2 is 2.11 bits per heavy atom. The van der Waals surface area contributed by atoms with Crippen molar-refractivity contribution >= 4 is 23.1 Å². The Labute approximate surface area is 119 Å². The third-order valence-electron chi connectivity index (χ3n) is 3.49. The Balaban J connectivity index is 1.98. The predicted octanol–water partition coefficient (Wildman–Crippen LogP) is 2.31. The van der Waals surface area contributed by atoms with E-state index in [1.807, 2.05) is 18.2 Å². The van der Waals surface area contributed by atoms with Gasteiger partial charge in [-0.1, -0.05) is 49.5 Å². The minimum Gasteiger partial charge on any atom is -0.392 e. The molecule has 0 heterocycles. The summed E-state index contributed by atoms with van der Waals surface area (Å²) in [6.07, 6.45) is 1.87. The van der Waals surface area contributed by atoms with E-state index in [4.69, 9.17) is 18.0 Å². The summed E-state index contributed by atoms with van der Waals surface area (Å²) >= 11 is 4.92.